The number of H-pyrrole nitrogens is 1. The number of imidazole rings is 1. The Morgan fingerprint density at radius 1 is 1.25 bits per heavy atom. The highest BCUT2D eigenvalue weighted by Gasteiger charge is 2.09. The van der Waals surface area contributed by atoms with E-state index in [1.807, 2.05) is 26.0 Å². The van der Waals surface area contributed by atoms with Gasteiger partial charge in [0.1, 0.15) is 5.82 Å². The molecule has 0 aliphatic carbocycles. The van der Waals surface area contributed by atoms with E-state index >= 15 is 0 Å². The van der Waals surface area contributed by atoms with Gasteiger partial charge in [-0.05, 0) is 31.0 Å². The zero-order chi connectivity index (χ0) is 14.6. The predicted molar refractivity (Wildman–Crippen MR) is 81.1 cm³/mol. The molecule has 0 unspecified atom stereocenters. The van der Waals surface area contributed by atoms with Crippen molar-refractivity contribution in [3.63, 3.8) is 0 Å². The first-order valence-electron chi connectivity index (χ1n) is 6.63. The summed E-state index contributed by atoms with van der Waals surface area (Å²) in [6, 6.07) is 7.25. The van der Waals surface area contributed by atoms with Crippen LogP contribution in [0.1, 0.15) is 25.6 Å². The van der Waals surface area contributed by atoms with E-state index in [2.05, 4.69) is 14.7 Å². The van der Waals surface area contributed by atoms with Crippen LogP contribution < -0.4 is 4.72 Å². The predicted octanol–water partition coefficient (Wildman–Crippen LogP) is 2.93. The molecule has 0 saturated heterocycles. The van der Waals surface area contributed by atoms with E-state index < -0.39 is 10.0 Å². The highest BCUT2D eigenvalue weighted by atomic mass is 32.2. The molecule has 1 aromatic carbocycles. The zero-order valence-electron chi connectivity index (χ0n) is 11.7. The molecule has 2 rings (SSSR count). The number of nitrogens with one attached hydrogen (secondary N) is 2. The summed E-state index contributed by atoms with van der Waals surface area (Å²) in [7, 11) is -3.24. The van der Waals surface area contributed by atoms with Crippen molar-refractivity contribution in [3.05, 3.63) is 36.3 Å². The Labute approximate surface area is 119 Å². The van der Waals surface area contributed by atoms with E-state index in [-0.39, 0.29) is 5.75 Å². The zero-order valence-corrected chi connectivity index (χ0v) is 12.5. The van der Waals surface area contributed by atoms with Crippen LogP contribution in [-0.2, 0) is 10.0 Å². The van der Waals surface area contributed by atoms with Gasteiger partial charge >= 0.3 is 0 Å². The Morgan fingerprint density at radius 3 is 2.50 bits per heavy atom. The Balaban J connectivity index is 2.09. The molecule has 2 N–H and O–H groups in total. The van der Waals surface area contributed by atoms with Gasteiger partial charge in [-0.3, -0.25) is 4.72 Å². The van der Waals surface area contributed by atoms with Crippen molar-refractivity contribution in [2.24, 2.45) is 0 Å². The highest BCUT2D eigenvalue weighted by Crippen LogP contribution is 2.20. The van der Waals surface area contributed by atoms with Gasteiger partial charge in [0.2, 0.25) is 10.0 Å². The standard InChI is InChI=1S/C14H19N3O2S/c1-3-4-9-20(18,19)17-13-7-5-12(6-8-13)14-10-15-11(2)16-14/h5-8,10,17H,3-4,9H2,1-2H3,(H,15,16). The topological polar surface area (TPSA) is 74.8 Å². The molecule has 2 aromatic rings. The van der Waals surface area contributed by atoms with E-state index in [9.17, 15) is 8.42 Å². The summed E-state index contributed by atoms with van der Waals surface area (Å²) in [5.41, 5.74) is 2.48. The van der Waals surface area contributed by atoms with Gasteiger partial charge in [-0.25, -0.2) is 13.4 Å². The molecular weight excluding hydrogens is 274 g/mol. The lowest BCUT2D eigenvalue weighted by Gasteiger charge is -2.08. The van der Waals surface area contributed by atoms with Gasteiger partial charge in [0.25, 0.3) is 0 Å². The minimum atomic E-state index is -3.24. The van der Waals surface area contributed by atoms with E-state index in [1.165, 1.54) is 0 Å². The smallest absolute Gasteiger partial charge is 0.232 e. The van der Waals surface area contributed by atoms with Gasteiger partial charge in [0, 0.05) is 5.69 Å². The van der Waals surface area contributed by atoms with Crippen molar-refractivity contribution in [3.8, 4) is 11.3 Å². The second kappa shape index (κ2) is 6.09. The Bertz CT molecular complexity index is 660. The third-order valence-corrected chi connectivity index (χ3v) is 4.31. The molecule has 6 heteroatoms. The lowest BCUT2D eigenvalue weighted by Crippen LogP contribution is -2.16. The number of hydrogen-bond donors (Lipinski definition) is 2. The fourth-order valence-electron chi connectivity index (χ4n) is 1.85. The van der Waals surface area contributed by atoms with Crippen LogP contribution in [0.5, 0.6) is 0 Å². The summed E-state index contributed by atoms with van der Waals surface area (Å²) >= 11 is 0. The van der Waals surface area contributed by atoms with Gasteiger partial charge < -0.3 is 4.98 Å². The molecule has 0 bridgehead atoms. The van der Waals surface area contributed by atoms with E-state index in [4.69, 9.17) is 0 Å². The first kappa shape index (κ1) is 14.6. The van der Waals surface area contributed by atoms with Crippen LogP contribution in [0.25, 0.3) is 11.3 Å². The normalized spacial score (nSPS) is 11.5. The average molecular weight is 293 g/mol. The second-order valence-electron chi connectivity index (χ2n) is 4.73. The minimum Gasteiger partial charge on any atom is -0.342 e. The molecule has 0 aliphatic rings. The van der Waals surface area contributed by atoms with Crippen LogP contribution in [-0.4, -0.2) is 24.1 Å². The van der Waals surface area contributed by atoms with Gasteiger partial charge in [-0.2, -0.15) is 0 Å². The molecule has 0 saturated carbocycles. The minimum absolute atomic E-state index is 0.158. The van der Waals surface area contributed by atoms with Crippen LogP contribution in [0, 0.1) is 6.92 Å². The number of aryl methyl sites for hydroxylation is 1. The number of unbranched alkanes of at least 4 members (excludes halogenated alkanes) is 1. The summed E-state index contributed by atoms with van der Waals surface area (Å²) in [5, 5.41) is 0. The van der Waals surface area contributed by atoms with E-state index in [0.29, 0.717) is 12.1 Å². The first-order chi connectivity index (χ1) is 9.50. The molecular formula is C14H19N3O2S. The molecule has 0 aliphatic heterocycles. The van der Waals surface area contributed by atoms with Gasteiger partial charge in [0.05, 0.1) is 17.6 Å². The molecule has 0 amide bonds. The monoisotopic (exact) mass is 293 g/mol. The SMILES string of the molecule is CCCCS(=O)(=O)Nc1ccc(-c2cnc(C)[nH]2)cc1. The number of aromatic amines is 1. The third kappa shape index (κ3) is 3.84. The number of sulfonamides is 1. The van der Waals surface area contributed by atoms with E-state index in [0.717, 1.165) is 23.5 Å². The average Bonchev–Trinajstić information content (AvgIpc) is 2.84. The van der Waals surface area contributed by atoms with Crippen LogP contribution in [0.4, 0.5) is 5.69 Å². The fraction of sp³-hybridized carbons (Fsp3) is 0.357. The highest BCUT2D eigenvalue weighted by molar-refractivity contribution is 7.92. The number of rotatable bonds is 6. The summed E-state index contributed by atoms with van der Waals surface area (Å²) in [6.07, 6.45) is 3.29. The molecule has 1 heterocycles. The molecule has 0 atom stereocenters. The van der Waals surface area contributed by atoms with Crippen LogP contribution in [0.15, 0.2) is 30.5 Å². The summed E-state index contributed by atoms with van der Waals surface area (Å²) < 4.78 is 26.2. The fourth-order valence-corrected chi connectivity index (χ4v) is 3.12. The second-order valence-corrected chi connectivity index (χ2v) is 6.58. The number of nitrogens with zero attached hydrogens (tertiary/aromatic N) is 1. The molecule has 5 nitrogen and oxygen atoms in total. The van der Waals surface area contributed by atoms with Gasteiger partial charge in [-0.15, -0.1) is 0 Å². The summed E-state index contributed by atoms with van der Waals surface area (Å²) in [6.45, 7) is 3.86. The molecule has 0 radical (unpaired) electrons. The summed E-state index contributed by atoms with van der Waals surface area (Å²) in [5.74, 6) is 1.01. The number of benzene rings is 1. The number of hydrogen-bond acceptors (Lipinski definition) is 3. The van der Waals surface area contributed by atoms with Gasteiger partial charge in [0.15, 0.2) is 0 Å². The molecule has 20 heavy (non-hydrogen) atoms. The number of aromatic nitrogens is 2. The largest absolute Gasteiger partial charge is 0.342 e. The maximum atomic E-state index is 11.8. The van der Waals surface area contributed by atoms with Crippen LogP contribution in [0.3, 0.4) is 0 Å². The van der Waals surface area contributed by atoms with Crippen molar-refractivity contribution in [2.75, 3.05) is 10.5 Å². The first-order valence-corrected chi connectivity index (χ1v) is 8.28. The van der Waals surface area contributed by atoms with Crippen molar-refractivity contribution < 1.29 is 8.42 Å². The Morgan fingerprint density at radius 2 is 1.95 bits per heavy atom. The van der Waals surface area contributed by atoms with Crippen molar-refractivity contribution in [1.82, 2.24) is 9.97 Å². The lowest BCUT2D eigenvalue weighted by atomic mass is 10.1. The quantitative estimate of drug-likeness (QED) is 0.860. The van der Waals surface area contributed by atoms with Crippen molar-refractivity contribution in [2.45, 2.75) is 26.7 Å². The van der Waals surface area contributed by atoms with Crippen molar-refractivity contribution >= 4 is 15.7 Å². The maximum Gasteiger partial charge on any atom is 0.232 e. The molecule has 0 fully saturated rings. The van der Waals surface area contributed by atoms with Crippen LogP contribution in [0.2, 0.25) is 0 Å². The third-order valence-electron chi connectivity index (χ3n) is 2.94. The Hall–Kier alpha value is -1.82. The number of anilines is 1. The molecule has 1 aromatic heterocycles. The van der Waals surface area contributed by atoms with Crippen molar-refractivity contribution in [1.29, 1.82) is 0 Å². The van der Waals surface area contributed by atoms with E-state index in [1.54, 1.807) is 18.3 Å². The molecule has 108 valence electrons. The van der Waals surface area contributed by atoms with Gasteiger partial charge in [-0.1, -0.05) is 25.5 Å². The Kier molecular flexibility index (Phi) is 4.44. The molecule has 0 spiro atoms. The lowest BCUT2D eigenvalue weighted by molar-refractivity contribution is 0.598. The van der Waals surface area contributed by atoms with Crippen LogP contribution >= 0.6 is 0 Å². The maximum absolute atomic E-state index is 11.8. The summed E-state index contributed by atoms with van der Waals surface area (Å²) in [4.78, 5) is 7.28.